The van der Waals surface area contributed by atoms with Crippen LogP contribution in [-0.4, -0.2) is 22.9 Å². The third kappa shape index (κ3) is 3.91. The molecular weight excluding hydrogens is 194 g/mol. The average Bonchev–Trinajstić information content (AvgIpc) is 2.17. The molecule has 4 nitrogen and oxygen atoms in total. The number of rotatable bonds is 5. The number of carboxylic acid groups (broad SMARTS) is 1. The molecule has 15 heavy (non-hydrogen) atoms. The van der Waals surface area contributed by atoms with E-state index in [1.54, 1.807) is 24.3 Å². The van der Waals surface area contributed by atoms with Gasteiger partial charge in [-0.25, -0.2) is 0 Å². The maximum absolute atomic E-state index is 11.6. The first-order valence-electron chi connectivity index (χ1n) is 4.65. The smallest absolute Gasteiger partial charge is 0.304 e. The van der Waals surface area contributed by atoms with Gasteiger partial charge in [-0.3, -0.25) is 9.59 Å². The molecule has 0 aliphatic rings. The van der Waals surface area contributed by atoms with Crippen molar-refractivity contribution in [3.63, 3.8) is 0 Å². The van der Waals surface area contributed by atoms with Crippen LogP contribution in [0.4, 0.5) is 0 Å². The van der Waals surface area contributed by atoms with Crippen molar-refractivity contribution in [2.45, 2.75) is 18.9 Å². The molecule has 0 fully saturated rings. The first-order chi connectivity index (χ1) is 7.09. The lowest BCUT2D eigenvalue weighted by Crippen LogP contribution is -2.26. The van der Waals surface area contributed by atoms with Crippen LogP contribution in [0, 0.1) is 0 Å². The molecule has 0 spiro atoms. The van der Waals surface area contributed by atoms with Gasteiger partial charge in [-0.2, -0.15) is 0 Å². The van der Waals surface area contributed by atoms with Crippen LogP contribution in [0.2, 0.25) is 0 Å². The Hall–Kier alpha value is -1.68. The Balaban J connectivity index is 2.53. The highest BCUT2D eigenvalue weighted by molar-refractivity contribution is 5.96. The quantitative estimate of drug-likeness (QED) is 0.707. The molecule has 1 atom stereocenters. The summed E-state index contributed by atoms with van der Waals surface area (Å²) in [7, 11) is 0. The second-order valence-electron chi connectivity index (χ2n) is 3.35. The van der Waals surface area contributed by atoms with Crippen molar-refractivity contribution < 1.29 is 14.7 Å². The molecule has 0 saturated carbocycles. The summed E-state index contributed by atoms with van der Waals surface area (Å²) in [5.74, 6) is -1.10. The molecule has 0 bridgehead atoms. The van der Waals surface area contributed by atoms with Crippen LogP contribution in [-0.2, 0) is 4.79 Å². The van der Waals surface area contributed by atoms with Crippen LogP contribution in [0.3, 0.4) is 0 Å². The van der Waals surface area contributed by atoms with E-state index in [0.717, 1.165) is 0 Å². The second kappa shape index (κ2) is 5.26. The third-order valence-corrected chi connectivity index (χ3v) is 1.98. The summed E-state index contributed by atoms with van der Waals surface area (Å²) in [5, 5.41) is 8.48. The standard InChI is InChI=1S/C11H13NO3/c12-9(7-11(14)15)6-10(13)8-4-2-1-3-5-8/h1-5,9H,6-7,12H2,(H,14,15). The van der Waals surface area contributed by atoms with Crippen LogP contribution < -0.4 is 5.73 Å². The van der Waals surface area contributed by atoms with Crippen molar-refractivity contribution >= 4 is 11.8 Å². The Bertz CT molecular complexity index is 348. The Kier molecular flexibility index (Phi) is 4.00. The zero-order valence-corrected chi connectivity index (χ0v) is 8.22. The lowest BCUT2D eigenvalue weighted by molar-refractivity contribution is -0.137. The Morgan fingerprint density at radius 2 is 1.80 bits per heavy atom. The molecule has 3 N–H and O–H groups in total. The third-order valence-electron chi connectivity index (χ3n) is 1.98. The van der Waals surface area contributed by atoms with Crippen molar-refractivity contribution in [3.8, 4) is 0 Å². The summed E-state index contributed by atoms with van der Waals surface area (Å²) in [6, 6.07) is 8.10. The van der Waals surface area contributed by atoms with E-state index >= 15 is 0 Å². The number of hydrogen-bond donors (Lipinski definition) is 2. The van der Waals surface area contributed by atoms with Gasteiger partial charge in [-0.05, 0) is 0 Å². The zero-order valence-electron chi connectivity index (χ0n) is 8.22. The highest BCUT2D eigenvalue weighted by Crippen LogP contribution is 2.06. The van der Waals surface area contributed by atoms with E-state index < -0.39 is 12.0 Å². The lowest BCUT2D eigenvalue weighted by Gasteiger charge is -2.07. The van der Waals surface area contributed by atoms with Gasteiger partial charge in [-0.1, -0.05) is 30.3 Å². The fourth-order valence-electron chi connectivity index (χ4n) is 1.28. The Morgan fingerprint density at radius 1 is 1.20 bits per heavy atom. The normalized spacial score (nSPS) is 12.1. The predicted molar refractivity (Wildman–Crippen MR) is 55.6 cm³/mol. The summed E-state index contributed by atoms with van der Waals surface area (Å²) in [6.07, 6.45) is -0.116. The maximum atomic E-state index is 11.6. The van der Waals surface area contributed by atoms with E-state index in [0.29, 0.717) is 5.56 Å². The van der Waals surface area contributed by atoms with Crippen molar-refractivity contribution in [1.29, 1.82) is 0 Å². The summed E-state index contributed by atoms with van der Waals surface area (Å²) >= 11 is 0. The van der Waals surface area contributed by atoms with Gasteiger partial charge in [-0.15, -0.1) is 0 Å². The van der Waals surface area contributed by atoms with Crippen molar-refractivity contribution in [3.05, 3.63) is 35.9 Å². The van der Waals surface area contributed by atoms with Crippen LogP contribution in [0.25, 0.3) is 0 Å². The van der Waals surface area contributed by atoms with Gasteiger partial charge < -0.3 is 10.8 Å². The highest BCUT2D eigenvalue weighted by atomic mass is 16.4. The number of ketones is 1. The first kappa shape index (κ1) is 11.4. The number of hydrogen-bond acceptors (Lipinski definition) is 3. The van der Waals surface area contributed by atoms with Gasteiger partial charge >= 0.3 is 5.97 Å². The molecule has 80 valence electrons. The largest absolute Gasteiger partial charge is 0.481 e. The maximum Gasteiger partial charge on any atom is 0.304 e. The first-order valence-corrected chi connectivity index (χ1v) is 4.65. The van der Waals surface area contributed by atoms with Crippen LogP contribution in [0.5, 0.6) is 0 Å². The van der Waals surface area contributed by atoms with Crippen LogP contribution >= 0.6 is 0 Å². The fourth-order valence-corrected chi connectivity index (χ4v) is 1.28. The lowest BCUT2D eigenvalue weighted by atomic mass is 10.0. The number of carbonyl (C=O) groups excluding carboxylic acids is 1. The number of carbonyl (C=O) groups is 2. The second-order valence-corrected chi connectivity index (χ2v) is 3.35. The van der Waals surface area contributed by atoms with Crippen molar-refractivity contribution in [2.75, 3.05) is 0 Å². The van der Waals surface area contributed by atoms with Crippen molar-refractivity contribution in [1.82, 2.24) is 0 Å². The molecule has 1 aromatic rings. The molecule has 0 saturated heterocycles. The number of Topliss-reactive ketones (excluding diaryl/α,β-unsaturated/α-hetero) is 1. The van der Waals surface area contributed by atoms with E-state index in [-0.39, 0.29) is 18.6 Å². The molecule has 1 unspecified atom stereocenters. The van der Waals surface area contributed by atoms with E-state index in [1.165, 1.54) is 0 Å². The molecule has 0 aromatic heterocycles. The molecule has 1 rings (SSSR count). The zero-order chi connectivity index (χ0) is 11.3. The minimum atomic E-state index is -0.983. The summed E-state index contributed by atoms with van der Waals surface area (Å²) in [5.41, 5.74) is 6.08. The fraction of sp³-hybridized carbons (Fsp3) is 0.273. The number of carboxylic acids is 1. The number of aliphatic carboxylic acids is 1. The summed E-state index contributed by atoms with van der Waals surface area (Å²) in [6.45, 7) is 0. The summed E-state index contributed by atoms with van der Waals surface area (Å²) in [4.78, 5) is 21.9. The van der Waals surface area contributed by atoms with Crippen LogP contribution in [0.15, 0.2) is 30.3 Å². The van der Waals surface area contributed by atoms with Gasteiger partial charge in [0.2, 0.25) is 0 Å². The molecule has 0 heterocycles. The molecular formula is C11H13NO3. The molecule has 0 aliphatic heterocycles. The van der Waals surface area contributed by atoms with E-state index in [1.807, 2.05) is 6.07 Å². The van der Waals surface area contributed by atoms with Gasteiger partial charge in [0.15, 0.2) is 5.78 Å². The van der Waals surface area contributed by atoms with E-state index in [2.05, 4.69) is 0 Å². The molecule has 0 amide bonds. The molecule has 0 radical (unpaired) electrons. The monoisotopic (exact) mass is 207 g/mol. The minimum Gasteiger partial charge on any atom is -0.481 e. The molecule has 1 aromatic carbocycles. The van der Waals surface area contributed by atoms with Gasteiger partial charge in [0, 0.05) is 18.0 Å². The molecule has 4 heteroatoms. The van der Waals surface area contributed by atoms with E-state index in [9.17, 15) is 9.59 Å². The average molecular weight is 207 g/mol. The SMILES string of the molecule is NC(CC(=O)O)CC(=O)c1ccccc1. The predicted octanol–water partition coefficient (Wildman–Crippen LogP) is 1.06. The topological polar surface area (TPSA) is 80.4 Å². The molecule has 0 aliphatic carbocycles. The van der Waals surface area contributed by atoms with Crippen LogP contribution in [0.1, 0.15) is 23.2 Å². The Labute approximate surface area is 87.7 Å². The number of benzene rings is 1. The van der Waals surface area contributed by atoms with E-state index in [4.69, 9.17) is 10.8 Å². The minimum absolute atomic E-state index is 0.0658. The van der Waals surface area contributed by atoms with Gasteiger partial charge in [0.25, 0.3) is 0 Å². The van der Waals surface area contributed by atoms with Crippen molar-refractivity contribution in [2.24, 2.45) is 5.73 Å². The highest BCUT2D eigenvalue weighted by Gasteiger charge is 2.13. The van der Waals surface area contributed by atoms with Gasteiger partial charge in [0.1, 0.15) is 0 Å². The Morgan fingerprint density at radius 3 is 2.33 bits per heavy atom. The van der Waals surface area contributed by atoms with Gasteiger partial charge in [0.05, 0.1) is 6.42 Å². The number of nitrogens with two attached hydrogens (primary N) is 1. The summed E-state index contributed by atoms with van der Waals surface area (Å²) < 4.78 is 0.